The van der Waals surface area contributed by atoms with E-state index in [0.29, 0.717) is 43.3 Å². The number of piperidine rings is 1. The average Bonchev–Trinajstić information content (AvgIpc) is 3.14. The van der Waals surface area contributed by atoms with E-state index in [2.05, 4.69) is 20.5 Å². The van der Waals surface area contributed by atoms with Crippen molar-refractivity contribution >= 4 is 23.7 Å². The van der Waals surface area contributed by atoms with Gasteiger partial charge in [0.05, 0.1) is 11.9 Å². The van der Waals surface area contributed by atoms with Gasteiger partial charge >= 0.3 is 12.1 Å². The number of carboxylic acid groups (broad SMARTS) is 1. The smallest absolute Gasteiger partial charge is 0.410 e. The van der Waals surface area contributed by atoms with E-state index < -0.39 is 17.5 Å². The second-order valence-corrected chi connectivity index (χ2v) is 8.16. The number of anilines is 2. The number of likely N-dealkylation sites (tertiary alicyclic amines) is 1. The van der Waals surface area contributed by atoms with E-state index in [4.69, 9.17) is 4.74 Å². The number of aromatic amines is 1. The summed E-state index contributed by atoms with van der Waals surface area (Å²) in [6.45, 7) is 6.42. The minimum Gasteiger partial charge on any atom is -0.481 e. The van der Waals surface area contributed by atoms with E-state index in [0.717, 1.165) is 0 Å². The van der Waals surface area contributed by atoms with Gasteiger partial charge in [-0.1, -0.05) is 6.07 Å². The zero-order valence-electron chi connectivity index (χ0n) is 16.9. The molecule has 1 unspecified atom stereocenters. The van der Waals surface area contributed by atoms with Crippen molar-refractivity contribution in [3.05, 3.63) is 36.2 Å². The van der Waals surface area contributed by atoms with Crippen LogP contribution in [0, 0.1) is 5.92 Å². The molecule has 0 saturated carbocycles. The number of H-pyrrole nitrogens is 1. The van der Waals surface area contributed by atoms with Crippen LogP contribution >= 0.6 is 0 Å². The highest BCUT2D eigenvalue weighted by Crippen LogP contribution is 2.33. The number of amides is 1. The van der Waals surface area contributed by atoms with Crippen molar-refractivity contribution in [1.82, 2.24) is 20.1 Å². The second-order valence-electron chi connectivity index (χ2n) is 8.16. The fraction of sp³-hybridized carbons (Fsp3) is 0.500. The highest BCUT2D eigenvalue weighted by Gasteiger charge is 2.35. The number of rotatable bonds is 5. The van der Waals surface area contributed by atoms with Crippen molar-refractivity contribution in [2.24, 2.45) is 5.92 Å². The molecule has 0 radical (unpaired) electrons. The predicted molar refractivity (Wildman–Crippen MR) is 107 cm³/mol. The van der Waals surface area contributed by atoms with Crippen LogP contribution in [0.3, 0.4) is 0 Å². The summed E-state index contributed by atoms with van der Waals surface area (Å²) in [7, 11) is 0. The van der Waals surface area contributed by atoms with E-state index in [1.54, 1.807) is 35.4 Å². The Hall–Kier alpha value is -3.10. The number of ether oxygens (including phenoxy) is 1. The summed E-state index contributed by atoms with van der Waals surface area (Å²) < 4.78 is 5.41. The third-order valence-corrected chi connectivity index (χ3v) is 4.78. The molecular formula is C20H27N5O4. The first kappa shape index (κ1) is 20.6. The number of hydrogen-bond acceptors (Lipinski definition) is 6. The highest BCUT2D eigenvalue weighted by molar-refractivity contribution is 5.76. The van der Waals surface area contributed by atoms with E-state index in [9.17, 15) is 14.7 Å². The Kier molecular flexibility index (Phi) is 6.05. The van der Waals surface area contributed by atoms with E-state index in [1.807, 2.05) is 20.8 Å². The molecule has 0 aliphatic carbocycles. The molecule has 1 aliphatic rings. The van der Waals surface area contributed by atoms with E-state index in [1.165, 1.54) is 0 Å². The zero-order chi connectivity index (χ0) is 21.0. The molecule has 3 heterocycles. The lowest BCUT2D eigenvalue weighted by atomic mass is 9.82. The minimum absolute atomic E-state index is 0.110. The molecule has 2 aromatic heterocycles. The van der Waals surface area contributed by atoms with Gasteiger partial charge in [-0.15, -0.1) is 0 Å². The Morgan fingerprint density at radius 3 is 2.59 bits per heavy atom. The van der Waals surface area contributed by atoms with Crippen LogP contribution < -0.4 is 5.32 Å². The minimum atomic E-state index is -0.910. The first-order valence-electron chi connectivity index (χ1n) is 9.67. The molecule has 9 heteroatoms. The van der Waals surface area contributed by atoms with Gasteiger partial charge in [-0.3, -0.25) is 9.89 Å². The quantitative estimate of drug-likeness (QED) is 0.702. The first-order valence-corrected chi connectivity index (χ1v) is 9.67. The molecule has 9 nitrogen and oxygen atoms in total. The van der Waals surface area contributed by atoms with Gasteiger partial charge in [0.1, 0.15) is 23.2 Å². The summed E-state index contributed by atoms with van der Waals surface area (Å²) in [6.07, 6.45) is 2.42. The van der Waals surface area contributed by atoms with Crippen molar-refractivity contribution < 1.29 is 19.4 Å². The van der Waals surface area contributed by atoms with E-state index >= 15 is 0 Å². The maximum atomic E-state index is 12.2. The van der Waals surface area contributed by atoms with Crippen LogP contribution in [-0.4, -0.2) is 55.9 Å². The Morgan fingerprint density at radius 1 is 1.28 bits per heavy atom. The number of aromatic nitrogens is 3. The molecule has 29 heavy (non-hydrogen) atoms. The van der Waals surface area contributed by atoms with Crippen LogP contribution in [0.2, 0.25) is 0 Å². The highest BCUT2D eigenvalue weighted by atomic mass is 16.6. The van der Waals surface area contributed by atoms with E-state index in [-0.39, 0.29) is 12.0 Å². The SMILES string of the molecule is CC(C)(C)OC(=O)N1CCC(C(C(=O)O)c2cccc(Nc3ccn[nH]3)n2)CC1. The second kappa shape index (κ2) is 8.50. The first-order chi connectivity index (χ1) is 13.7. The van der Waals surface area contributed by atoms with Crippen molar-refractivity contribution in [2.45, 2.75) is 45.1 Å². The van der Waals surface area contributed by atoms with Gasteiger partial charge in [-0.2, -0.15) is 5.10 Å². The van der Waals surface area contributed by atoms with Crippen LogP contribution in [0.15, 0.2) is 30.5 Å². The summed E-state index contributed by atoms with van der Waals surface area (Å²) in [5.74, 6) is -0.538. The number of carbonyl (C=O) groups excluding carboxylic acids is 1. The molecular weight excluding hydrogens is 374 g/mol. The molecule has 156 valence electrons. The summed E-state index contributed by atoms with van der Waals surface area (Å²) in [6, 6.07) is 7.05. The molecule has 1 aliphatic heterocycles. The maximum absolute atomic E-state index is 12.2. The number of pyridine rings is 1. The molecule has 1 amide bonds. The Bertz CT molecular complexity index is 839. The summed E-state index contributed by atoms with van der Waals surface area (Å²) in [4.78, 5) is 30.4. The maximum Gasteiger partial charge on any atom is 0.410 e. The molecule has 3 rings (SSSR count). The Balaban J connectivity index is 1.68. The van der Waals surface area contributed by atoms with Gasteiger partial charge < -0.3 is 20.1 Å². The number of hydrogen-bond donors (Lipinski definition) is 3. The Labute approximate surface area is 169 Å². The molecule has 3 N–H and O–H groups in total. The predicted octanol–water partition coefficient (Wildman–Crippen LogP) is 3.36. The van der Waals surface area contributed by atoms with Crippen LogP contribution in [-0.2, 0) is 9.53 Å². The van der Waals surface area contributed by atoms with Gasteiger partial charge in [0.15, 0.2) is 0 Å². The number of carbonyl (C=O) groups is 2. The van der Waals surface area contributed by atoms with Crippen LogP contribution in [0.4, 0.5) is 16.4 Å². The van der Waals surface area contributed by atoms with Crippen molar-refractivity contribution in [1.29, 1.82) is 0 Å². The third kappa shape index (κ3) is 5.46. The van der Waals surface area contributed by atoms with Crippen molar-refractivity contribution in [3.63, 3.8) is 0 Å². The van der Waals surface area contributed by atoms with Crippen LogP contribution in [0.5, 0.6) is 0 Å². The zero-order valence-corrected chi connectivity index (χ0v) is 16.9. The fourth-order valence-corrected chi connectivity index (χ4v) is 3.47. The fourth-order valence-electron chi connectivity index (χ4n) is 3.47. The van der Waals surface area contributed by atoms with Gasteiger partial charge in [-0.25, -0.2) is 9.78 Å². The van der Waals surface area contributed by atoms with Crippen molar-refractivity contribution in [3.8, 4) is 0 Å². The molecule has 1 atom stereocenters. The lowest BCUT2D eigenvalue weighted by Crippen LogP contribution is -2.43. The standard InChI is InChI=1S/C20H27N5O4/c1-20(2,3)29-19(28)25-11-8-13(9-12-25)17(18(26)27)14-5-4-6-15(22-14)23-16-7-10-21-24-16/h4-7,10,13,17H,8-9,11-12H2,1-3H3,(H,26,27)(H2,21,22,23,24). The molecule has 2 aromatic rings. The topological polar surface area (TPSA) is 120 Å². The normalized spacial score (nSPS) is 16.3. The van der Waals surface area contributed by atoms with Gasteiger partial charge in [0.25, 0.3) is 0 Å². The van der Waals surface area contributed by atoms with Crippen LogP contribution in [0.25, 0.3) is 0 Å². The average molecular weight is 401 g/mol. The number of aliphatic carboxylic acids is 1. The lowest BCUT2D eigenvalue weighted by Gasteiger charge is -2.35. The third-order valence-electron chi connectivity index (χ3n) is 4.78. The molecule has 0 spiro atoms. The molecule has 1 fully saturated rings. The van der Waals surface area contributed by atoms with Gasteiger partial charge in [-0.05, 0) is 51.7 Å². The number of nitrogens with one attached hydrogen (secondary N) is 2. The lowest BCUT2D eigenvalue weighted by molar-refractivity contribution is -0.140. The van der Waals surface area contributed by atoms with Gasteiger partial charge in [0.2, 0.25) is 0 Å². The summed E-state index contributed by atoms with van der Waals surface area (Å²) >= 11 is 0. The van der Waals surface area contributed by atoms with Crippen LogP contribution in [0.1, 0.15) is 45.2 Å². The number of nitrogens with zero attached hydrogens (tertiary/aromatic N) is 3. The monoisotopic (exact) mass is 401 g/mol. The largest absolute Gasteiger partial charge is 0.481 e. The van der Waals surface area contributed by atoms with Gasteiger partial charge in [0, 0.05) is 19.2 Å². The Morgan fingerprint density at radius 2 is 2.00 bits per heavy atom. The summed E-state index contributed by atoms with van der Waals surface area (Å²) in [5, 5.41) is 19.6. The number of carboxylic acids is 1. The molecule has 1 saturated heterocycles. The molecule has 0 bridgehead atoms. The summed E-state index contributed by atoms with van der Waals surface area (Å²) in [5.41, 5.74) is -0.0541. The molecule has 0 aromatic carbocycles. The van der Waals surface area contributed by atoms with Crippen molar-refractivity contribution in [2.75, 3.05) is 18.4 Å².